The molecular weight excluding hydrogens is 595 g/mol. The maximum atomic E-state index is 14.7. The van der Waals surface area contributed by atoms with E-state index >= 15 is 0 Å². The summed E-state index contributed by atoms with van der Waals surface area (Å²) in [5.41, 5.74) is 3.76. The van der Waals surface area contributed by atoms with Crippen molar-refractivity contribution < 1.29 is 23.8 Å². The highest BCUT2D eigenvalue weighted by Gasteiger charge is 2.58. The molecule has 1 saturated heterocycles. The van der Waals surface area contributed by atoms with Crippen molar-refractivity contribution in [2.75, 3.05) is 7.11 Å². The van der Waals surface area contributed by atoms with Crippen molar-refractivity contribution in [2.24, 2.45) is 11.3 Å². The van der Waals surface area contributed by atoms with Crippen LogP contribution in [0.4, 0.5) is 4.39 Å². The zero-order valence-corrected chi connectivity index (χ0v) is 28.4. The lowest BCUT2D eigenvalue weighted by molar-refractivity contribution is -0.144. The largest absolute Gasteiger partial charge is 0.496 e. The predicted octanol–water partition coefficient (Wildman–Crippen LogP) is 7.10. The fraction of sp³-hybridized carbons (Fsp3) is 0.395. The minimum Gasteiger partial charge on any atom is -0.496 e. The van der Waals surface area contributed by atoms with Crippen LogP contribution in [0.15, 0.2) is 79.0 Å². The molecule has 8 nitrogen and oxygen atoms in total. The number of aromatic nitrogens is 2. The van der Waals surface area contributed by atoms with Crippen molar-refractivity contribution in [3.05, 3.63) is 113 Å². The lowest BCUT2D eigenvalue weighted by atomic mass is 9.72. The van der Waals surface area contributed by atoms with Crippen molar-refractivity contribution in [1.29, 1.82) is 0 Å². The molecule has 0 unspecified atom stereocenters. The van der Waals surface area contributed by atoms with Gasteiger partial charge in [-0.15, -0.1) is 0 Å². The van der Waals surface area contributed by atoms with Gasteiger partial charge in [0, 0.05) is 24.1 Å². The van der Waals surface area contributed by atoms with E-state index in [0.717, 1.165) is 22.4 Å². The number of hydrogen-bond acceptors (Lipinski definition) is 5. The summed E-state index contributed by atoms with van der Waals surface area (Å²) >= 11 is 0. The van der Waals surface area contributed by atoms with E-state index in [4.69, 9.17) is 4.74 Å². The molecule has 0 bridgehead atoms. The number of methoxy groups -OCH3 is 1. The van der Waals surface area contributed by atoms with Gasteiger partial charge < -0.3 is 20.1 Å². The average molecular weight is 641 g/mol. The first-order chi connectivity index (χ1) is 22.1. The maximum Gasteiger partial charge on any atom is 0.326 e. The Labute approximate surface area is 276 Å². The zero-order chi connectivity index (χ0) is 34.3. The molecule has 1 amide bonds. The summed E-state index contributed by atoms with van der Waals surface area (Å²) in [6, 6.07) is 19.4. The van der Waals surface area contributed by atoms with Crippen LogP contribution < -0.4 is 10.1 Å². The number of carboxylic acids is 1. The van der Waals surface area contributed by atoms with E-state index in [-0.39, 0.29) is 16.8 Å². The lowest BCUT2D eigenvalue weighted by Crippen LogP contribution is -2.48. The normalized spacial score (nSPS) is 20.0. The van der Waals surface area contributed by atoms with Gasteiger partial charge in [0.15, 0.2) is 0 Å². The van der Waals surface area contributed by atoms with Gasteiger partial charge >= 0.3 is 5.97 Å². The van der Waals surface area contributed by atoms with Crippen LogP contribution in [0.2, 0.25) is 0 Å². The van der Waals surface area contributed by atoms with Crippen LogP contribution in [0.5, 0.6) is 5.75 Å². The Morgan fingerprint density at radius 2 is 1.64 bits per heavy atom. The molecule has 5 rings (SSSR count). The monoisotopic (exact) mass is 640 g/mol. The van der Waals surface area contributed by atoms with Crippen molar-refractivity contribution in [1.82, 2.24) is 20.0 Å². The number of rotatable bonds is 8. The van der Waals surface area contributed by atoms with Gasteiger partial charge in [-0.1, -0.05) is 84.0 Å². The fourth-order valence-electron chi connectivity index (χ4n) is 6.92. The van der Waals surface area contributed by atoms with Crippen LogP contribution in [0.1, 0.15) is 80.3 Å². The van der Waals surface area contributed by atoms with Crippen LogP contribution in [0, 0.1) is 24.1 Å². The van der Waals surface area contributed by atoms with E-state index < -0.39 is 41.3 Å². The minimum atomic E-state index is -1.14. The Morgan fingerprint density at radius 1 is 0.979 bits per heavy atom. The number of hydrogen-bond donors (Lipinski definition) is 2. The van der Waals surface area contributed by atoms with E-state index in [9.17, 15) is 19.1 Å². The molecule has 2 N–H and O–H groups in total. The number of benzene rings is 3. The molecule has 47 heavy (non-hydrogen) atoms. The third-order valence-corrected chi connectivity index (χ3v) is 9.28. The van der Waals surface area contributed by atoms with E-state index in [1.165, 1.54) is 23.2 Å². The van der Waals surface area contributed by atoms with Crippen LogP contribution in [0.3, 0.4) is 0 Å². The van der Waals surface area contributed by atoms with Gasteiger partial charge in [0.05, 0.1) is 36.3 Å². The SMILES string of the molecule is COc1ccc(C(C)(C)C)cc1CN[C@H]1[C@H](C(C)(C)C)[C@@H](C(=O)O)N(C(=O)c2cnn(-c3ccc(F)cc3)c2C)[C@H]1c1ccccc1. The van der Waals surface area contributed by atoms with E-state index in [0.29, 0.717) is 17.9 Å². The quantitative estimate of drug-likeness (QED) is 0.213. The van der Waals surface area contributed by atoms with Crippen molar-refractivity contribution >= 4 is 11.9 Å². The van der Waals surface area contributed by atoms with Crippen molar-refractivity contribution in [3.8, 4) is 11.4 Å². The Kier molecular flexibility index (Phi) is 9.33. The molecule has 0 radical (unpaired) electrons. The Balaban J connectivity index is 1.63. The Bertz CT molecular complexity index is 1740. The molecule has 0 spiro atoms. The topological polar surface area (TPSA) is 96.7 Å². The lowest BCUT2D eigenvalue weighted by Gasteiger charge is -2.35. The highest BCUT2D eigenvalue weighted by Crippen LogP contribution is 2.49. The molecule has 1 fully saturated rings. The summed E-state index contributed by atoms with van der Waals surface area (Å²) in [5.74, 6) is -1.61. The van der Waals surface area contributed by atoms with Crippen molar-refractivity contribution in [3.63, 3.8) is 0 Å². The zero-order valence-electron chi connectivity index (χ0n) is 28.4. The standard InChI is InChI=1S/C38H45FN4O4/c1-23-29(22-41-43(23)28-17-15-27(39)16-18-28)35(44)42-33(24-12-10-9-11-13-24)32(31(38(5,6)7)34(42)36(45)46)40-21-25-20-26(37(2,3)4)14-19-30(25)47-8/h9-20,22,31-34,40H,21H2,1-8H3,(H,45,46)/t31-,32-,33-,34-/m0/s1. The summed E-state index contributed by atoms with van der Waals surface area (Å²) in [7, 11) is 1.64. The second-order valence-corrected chi connectivity index (χ2v) is 14.5. The van der Waals surface area contributed by atoms with Gasteiger partial charge in [-0.2, -0.15) is 5.10 Å². The number of halogens is 1. The number of ether oxygens (including phenoxy) is 1. The molecule has 0 aliphatic carbocycles. The van der Waals surface area contributed by atoms with Gasteiger partial charge in [0.1, 0.15) is 17.6 Å². The number of aliphatic carboxylic acids is 1. The smallest absolute Gasteiger partial charge is 0.326 e. The Hall–Kier alpha value is -4.50. The number of carbonyl (C=O) groups is 2. The first-order valence-corrected chi connectivity index (χ1v) is 15.9. The van der Waals surface area contributed by atoms with Crippen LogP contribution >= 0.6 is 0 Å². The van der Waals surface area contributed by atoms with Gasteiger partial charge in [-0.25, -0.2) is 13.9 Å². The Morgan fingerprint density at radius 3 is 2.21 bits per heavy atom. The molecule has 248 valence electrons. The summed E-state index contributed by atoms with van der Waals surface area (Å²) in [4.78, 5) is 29.6. The summed E-state index contributed by atoms with van der Waals surface area (Å²) in [6.07, 6.45) is 1.47. The van der Waals surface area contributed by atoms with E-state index in [1.807, 2.05) is 57.2 Å². The number of amides is 1. The number of carbonyl (C=O) groups excluding carboxylic acids is 1. The first-order valence-electron chi connectivity index (χ1n) is 15.9. The predicted molar refractivity (Wildman–Crippen MR) is 180 cm³/mol. The molecule has 1 aliphatic heterocycles. The van der Waals surface area contributed by atoms with Gasteiger partial charge in [0.2, 0.25) is 0 Å². The summed E-state index contributed by atoms with van der Waals surface area (Å²) in [6.45, 7) is 14.7. The number of likely N-dealkylation sites (tertiary alicyclic amines) is 1. The summed E-state index contributed by atoms with van der Waals surface area (Å²) < 4.78 is 21.0. The van der Waals surface area contributed by atoms with E-state index in [1.54, 1.807) is 30.8 Å². The third-order valence-electron chi connectivity index (χ3n) is 9.28. The fourth-order valence-corrected chi connectivity index (χ4v) is 6.92. The molecule has 4 atom stereocenters. The maximum absolute atomic E-state index is 14.7. The molecule has 2 heterocycles. The van der Waals surface area contributed by atoms with E-state index in [2.05, 4.69) is 43.3 Å². The van der Waals surface area contributed by atoms with Crippen LogP contribution in [-0.2, 0) is 16.8 Å². The second kappa shape index (κ2) is 13.0. The van der Waals surface area contributed by atoms with Crippen LogP contribution in [0.25, 0.3) is 5.69 Å². The summed E-state index contributed by atoms with van der Waals surface area (Å²) in [5, 5.41) is 19.1. The molecule has 3 aromatic carbocycles. The van der Waals surface area contributed by atoms with Crippen LogP contribution in [-0.4, -0.2) is 50.9 Å². The first kappa shape index (κ1) is 33.9. The minimum absolute atomic E-state index is 0.0806. The van der Waals surface area contributed by atoms with Crippen molar-refractivity contribution in [2.45, 2.75) is 78.6 Å². The molecule has 0 saturated carbocycles. The number of nitrogens with one attached hydrogen (secondary N) is 1. The van der Waals surface area contributed by atoms with Gasteiger partial charge in [-0.3, -0.25) is 4.79 Å². The van der Waals surface area contributed by atoms with Gasteiger partial charge in [-0.05, 0) is 59.2 Å². The molecular formula is C38H45FN4O4. The third kappa shape index (κ3) is 6.67. The molecule has 1 aromatic heterocycles. The highest BCUT2D eigenvalue weighted by atomic mass is 19.1. The second-order valence-electron chi connectivity index (χ2n) is 14.5. The molecule has 1 aliphatic rings. The molecule has 9 heteroatoms. The highest BCUT2D eigenvalue weighted by molar-refractivity contribution is 5.98. The number of carboxylic acid groups (broad SMARTS) is 1. The number of nitrogens with zero attached hydrogens (tertiary/aromatic N) is 3. The average Bonchev–Trinajstić information content (AvgIpc) is 3.58. The van der Waals surface area contributed by atoms with Gasteiger partial charge in [0.25, 0.3) is 5.91 Å². The molecule has 4 aromatic rings.